The van der Waals surface area contributed by atoms with E-state index in [1.165, 1.54) is 18.2 Å². The molecule has 0 fully saturated rings. The van der Waals surface area contributed by atoms with Gasteiger partial charge in [0.2, 0.25) is 0 Å². The third-order valence-electron chi connectivity index (χ3n) is 7.03. The van der Waals surface area contributed by atoms with Gasteiger partial charge in [-0.15, -0.1) is 0 Å². The monoisotopic (exact) mass is 567 g/mol. The molecular formula is C27H32F3N3O5S. The van der Waals surface area contributed by atoms with Gasteiger partial charge in [0.05, 0.1) is 11.6 Å². The van der Waals surface area contributed by atoms with Gasteiger partial charge in [-0.2, -0.15) is 26.9 Å². The summed E-state index contributed by atoms with van der Waals surface area (Å²) in [7, 11) is -4.38. The molecule has 2 aliphatic heterocycles. The third kappa shape index (κ3) is 6.13. The first-order valence-corrected chi connectivity index (χ1v) is 14.3. The van der Waals surface area contributed by atoms with Crippen molar-refractivity contribution in [2.24, 2.45) is 10.4 Å². The number of anilines is 1. The van der Waals surface area contributed by atoms with Gasteiger partial charge in [-0.1, -0.05) is 45.7 Å². The van der Waals surface area contributed by atoms with Crippen LogP contribution in [-0.2, 0) is 19.6 Å². The van der Waals surface area contributed by atoms with E-state index in [0.29, 0.717) is 31.0 Å². The Balaban J connectivity index is 1.87. The van der Waals surface area contributed by atoms with Crippen molar-refractivity contribution in [1.82, 2.24) is 0 Å². The minimum absolute atomic E-state index is 0.0432. The molecular weight excluding hydrogens is 535 g/mol. The molecule has 2 aliphatic rings. The SMILES string of the molecule is CCCC1(CCC)CC(O)=C(C(CC)c2cccc(NS(=O)(=O)C3=CCC(C#N)(C(F)(F)F)C=N3)c2)C(=O)O1. The number of rotatable bonds is 10. The molecule has 0 saturated heterocycles. The van der Waals surface area contributed by atoms with Gasteiger partial charge in [-0.25, -0.2) is 9.79 Å². The van der Waals surface area contributed by atoms with Crippen molar-refractivity contribution in [2.45, 2.75) is 83.4 Å². The Labute approximate surface area is 226 Å². The van der Waals surface area contributed by atoms with Crippen molar-refractivity contribution in [2.75, 3.05) is 4.72 Å². The summed E-state index contributed by atoms with van der Waals surface area (Å²) in [5, 5.41) is 19.4. The number of hydrogen-bond acceptors (Lipinski definition) is 7. The van der Waals surface area contributed by atoms with Gasteiger partial charge in [0.15, 0.2) is 10.4 Å². The molecule has 0 saturated carbocycles. The average Bonchev–Trinajstić information content (AvgIpc) is 2.85. The fourth-order valence-electron chi connectivity index (χ4n) is 5.13. The Morgan fingerprint density at radius 1 is 1.23 bits per heavy atom. The van der Waals surface area contributed by atoms with Gasteiger partial charge in [-0.3, -0.25) is 4.72 Å². The van der Waals surface area contributed by atoms with Crippen LogP contribution >= 0.6 is 0 Å². The van der Waals surface area contributed by atoms with Gasteiger partial charge in [0, 0.05) is 30.7 Å². The molecule has 12 heteroatoms. The first-order chi connectivity index (χ1) is 18.3. The molecule has 2 unspecified atom stereocenters. The van der Waals surface area contributed by atoms with Crippen LogP contribution in [0.4, 0.5) is 18.9 Å². The number of sulfonamides is 1. The smallest absolute Gasteiger partial charge is 0.412 e. The number of aliphatic hydroxyl groups is 1. The summed E-state index contributed by atoms with van der Waals surface area (Å²) in [6.07, 6.45) is -1.33. The number of aliphatic hydroxyl groups excluding tert-OH is 1. The zero-order valence-electron chi connectivity index (χ0n) is 22.0. The molecule has 8 nitrogen and oxygen atoms in total. The first-order valence-electron chi connectivity index (χ1n) is 12.8. The van der Waals surface area contributed by atoms with Crippen LogP contribution in [0.1, 0.15) is 77.2 Å². The Morgan fingerprint density at radius 3 is 2.38 bits per heavy atom. The number of aliphatic imine (C=N–C) groups is 1. The molecule has 2 atom stereocenters. The molecule has 2 heterocycles. The molecule has 1 aromatic carbocycles. The molecule has 2 N–H and O–H groups in total. The van der Waals surface area contributed by atoms with Crippen molar-refractivity contribution in [3.63, 3.8) is 0 Å². The lowest BCUT2D eigenvalue weighted by Crippen LogP contribution is -2.41. The highest BCUT2D eigenvalue weighted by atomic mass is 32.2. The number of benzene rings is 1. The van der Waals surface area contributed by atoms with Crippen molar-refractivity contribution in [1.29, 1.82) is 5.26 Å². The number of carbonyl (C=O) groups is 1. The van der Waals surface area contributed by atoms with Crippen molar-refractivity contribution >= 4 is 27.9 Å². The number of carbonyl (C=O) groups excluding carboxylic acids is 1. The summed E-state index contributed by atoms with van der Waals surface area (Å²) in [5.41, 5.74) is -2.90. The predicted molar refractivity (Wildman–Crippen MR) is 140 cm³/mol. The quantitative estimate of drug-likeness (QED) is 0.315. The zero-order chi connectivity index (χ0) is 29.1. The molecule has 1 aromatic rings. The number of nitriles is 1. The minimum atomic E-state index is -4.92. The predicted octanol–water partition coefficient (Wildman–Crippen LogP) is 6.41. The van der Waals surface area contributed by atoms with E-state index >= 15 is 0 Å². The highest BCUT2D eigenvalue weighted by Crippen LogP contribution is 2.43. The van der Waals surface area contributed by atoms with Crippen LogP contribution in [0.15, 0.2) is 51.7 Å². The second kappa shape index (κ2) is 11.4. The number of hydrogen-bond donors (Lipinski definition) is 2. The Kier molecular flexibility index (Phi) is 8.85. The molecule has 0 aliphatic carbocycles. The molecule has 0 spiro atoms. The lowest BCUT2D eigenvalue weighted by atomic mass is 9.80. The summed E-state index contributed by atoms with van der Waals surface area (Å²) in [4.78, 5) is 16.6. The van der Waals surface area contributed by atoms with Crippen LogP contribution in [0, 0.1) is 16.7 Å². The van der Waals surface area contributed by atoms with Gasteiger partial charge < -0.3 is 9.84 Å². The Morgan fingerprint density at radius 2 is 1.90 bits per heavy atom. The van der Waals surface area contributed by atoms with Crippen LogP contribution in [0.2, 0.25) is 0 Å². The summed E-state index contributed by atoms with van der Waals surface area (Å²) >= 11 is 0. The fourth-order valence-corrected chi connectivity index (χ4v) is 6.17. The number of alkyl halides is 3. The lowest BCUT2D eigenvalue weighted by molar-refractivity contribution is -0.177. The topological polar surface area (TPSA) is 129 Å². The molecule has 212 valence electrons. The van der Waals surface area contributed by atoms with Crippen molar-refractivity contribution in [3.05, 3.63) is 52.3 Å². The first kappa shape index (κ1) is 30.2. The summed E-state index contributed by atoms with van der Waals surface area (Å²) in [6, 6.07) is 7.34. The summed E-state index contributed by atoms with van der Waals surface area (Å²) in [6.45, 7) is 5.78. The maximum absolute atomic E-state index is 13.3. The van der Waals surface area contributed by atoms with E-state index in [-0.39, 0.29) is 23.4 Å². The molecule has 3 rings (SSSR count). The largest absolute Gasteiger partial charge is 0.512 e. The molecule has 0 bridgehead atoms. The van der Waals surface area contributed by atoms with E-state index in [9.17, 15) is 31.5 Å². The van der Waals surface area contributed by atoms with E-state index < -0.39 is 50.6 Å². The van der Waals surface area contributed by atoms with E-state index in [0.717, 1.165) is 18.9 Å². The summed E-state index contributed by atoms with van der Waals surface area (Å²) < 4.78 is 73.8. The second-order valence-electron chi connectivity index (χ2n) is 9.89. The maximum Gasteiger partial charge on any atom is 0.412 e. The highest BCUT2D eigenvalue weighted by molar-refractivity contribution is 7.96. The van der Waals surface area contributed by atoms with E-state index in [1.54, 1.807) is 12.1 Å². The molecule has 0 amide bonds. The van der Waals surface area contributed by atoms with E-state index in [4.69, 9.17) is 10.00 Å². The van der Waals surface area contributed by atoms with Crippen LogP contribution in [0.5, 0.6) is 0 Å². The van der Waals surface area contributed by atoms with E-state index in [1.807, 2.05) is 20.8 Å². The average molecular weight is 568 g/mol. The second-order valence-corrected chi connectivity index (χ2v) is 11.5. The minimum Gasteiger partial charge on any atom is -0.512 e. The molecule has 39 heavy (non-hydrogen) atoms. The number of cyclic esters (lactones) is 1. The molecule has 0 radical (unpaired) electrons. The van der Waals surface area contributed by atoms with Crippen LogP contribution < -0.4 is 4.72 Å². The van der Waals surface area contributed by atoms with Crippen molar-refractivity contribution in [3.8, 4) is 6.07 Å². The normalized spacial score (nSPS) is 22.1. The highest BCUT2D eigenvalue weighted by Gasteiger charge is 2.55. The van der Waals surface area contributed by atoms with E-state index in [2.05, 4.69) is 9.71 Å². The zero-order valence-corrected chi connectivity index (χ0v) is 22.8. The van der Waals surface area contributed by atoms with Crippen LogP contribution in [0.25, 0.3) is 0 Å². The lowest BCUT2D eigenvalue weighted by Gasteiger charge is -2.38. The maximum atomic E-state index is 13.3. The number of nitrogens with zero attached hydrogens (tertiary/aromatic N) is 2. The number of esters is 1. The van der Waals surface area contributed by atoms with Gasteiger partial charge in [0.25, 0.3) is 10.0 Å². The van der Waals surface area contributed by atoms with Crippen LogP contribution in [-0.4, -0.2) is 37.5 Å². The van der Waals surface area contributed by atoms with Gasteiger partial charge in [0.1, 0.15) is 11.4 Å². The Hall–Kier alpha value is -3.33. The number of nitrogens with one attached hydrogen (secondary N) is 1. The third-order valence-corrected chi connectivity index (χ3v) is 8.36. The van der Waals surface area contributed by atoms with Crippen LogP contribution in [0.3, 0.4) is 0 Å². The van der Waals surface area contributed by atoms with Crippen molar-refractivity contribution < 1.29 is 36.2 Å². The number of halogens is 3. The number of allylic oxidation sites excluding steroid dienone is 1. The fraction of sp³-hybridized carbons (Fsp3) is 0.519. The summed E-state index contributed by atoms with van der Waals surface area (Å²) in [5.74, 6) is -1.23. The number of ether oxygens (including phenoxy) is 1. The Bertz CT molecular complexity index is 1340. The van der Waals surface area contributed by atoms with Gasteiger partial charge >= 0.3 is 12.1 Å². The standard InChI is InChI=1S/C27H32F3N3O5S/c1-4-11-26(12-5-2)15-21(34)23(24(35)38-26)20(6-3)18-8-7-9-19(14-18)33-39(36,37)22-10-13-25(16-31,17-32-22)27(28,29)30/h7-10,14,17,20,33-34H,4-6,11-13,15H2,1-3H3. The molecule has 0 aromatic heterocycles. The van der Waals surface area contributed by atoms with Gasteiger partial charge in [-0.05, 0) is 43.0 Å².